The van der Waals surface area contributed by atoms with Crippen LogP contribution in [-0.2, 0) is 11.3 Å². The molecular weight excluding hydrogens is 218 g/mol. The van der Waals surface area contributed by atoms with E-state index in [1.807, 2.05) is 4.68 Å². The van der Waals surface area contributed by atoms with Crippen molar-refractivity contribution in [3.8, 4) is 5.75 Å². The van der Waals surface area contributed by atoms with Gasteiger partial charge in [0, 0.05) is 13.2 Å². The van der Waals surface area contributed by atoms with Gasteiger partial charge in [-0.25, -0.2) is 0 Å². The lowest BCUT2D eigenvalue weighted by Crippen LogP contribution is -2.22. The molecule has 1 rings (SSSR count). The minimum Gasteiger partial charge on any atom is -0.493 e. The molecule has 98 valence electrons. The van der Waals surface area contributed by atoms with Gasteiger partial charge in [0.15, 0.2) is 5.75 Å². The van der Waals surface area contributed by atoms with Gasteiger partial charge in [0.1, 0.15) is 0 Å². The minimum absolute atomic E-state index is 0.189. The fourth-order valence-electron chi connectivity index (χ4n) is 1.73. The molecule has 1 unspecified atom stereocenters. The molecule has 0 saturated carbocycles. The number of hydrogen-bond donors (Lipinski definition) is 1. The predicted octanol–water partition coefficient (Wildman–Crippen LogP) is 1.73. The maximum absolute atomic E-state index is 6.12. The molecule has 0 aliphatic carbocycles. The zero-order valence-electron chi connectivity index (χ0n) is 11.0. The number of aromatic nitrogens is 2. The SMILES string of the molecule is CCCOCC(N)c1c(OC)cnn1CCC. The third-order valence-corrected chi connectivity index (χ3v) is 2.50. The normalized spacial score (nSPS) is 12.7. The topological polar surface area (TPSA) is 62.3 Å². The first-order chi connectivity index (χ1) is 8.24. The third-order valence-electron chi connectivity index (χ3n) is 2.50. The number of nitrogens with two attached hydrogens (primary N) is 1. The van der Waals surface area contributed by atoms with Crippen molar-refractivity contribution in [1.29, 1.82) is 0 Å². The second-order valence-corrected chi connectivity index (χ2v) is 4.00. The predicted molar refractivity (Wildman–Crippen MR) is 67.1 cm³/mol. The van der Waals surface area contributed by atoms with E-state index < -0.39 is 0 Å². The van der Waals surface area contributed by atoms with Crippen molar-refractivity contribution in [3.63, 3.8) is 0 Å². The van der Waals surface area contributed by atoms with E-state index in [0.29, 0.717) is 6.61 Å². The number of aryl methyl sites for hydroxylation is 1. The number of ether oxygens (including phenoxy) is 2. The van der Waals surface area contributed by atoms with E-state index in [1.54, 1.807) is 13.3 Å². The second kappa shape index (κ2) is 7.29. The largest absolute Gasteiger partial charge is 0.493 e. The van der Waals surface area contributed by atoms with E-state index in [2.05, 4.69) is 18.9 Å². The Bertz CT molecular complexity index is 326. The molecule has 1 heterocycles. The summed E-state index contributed by atoms with van der Waals surface area (Å²) in [6, 6.07) is -0.189. The van der Waals surface area contributed by atoms with E-state index in [-0.39, 0.29) is 6.04 Å². The highest BCUT2D eigenvalue weighted by atomic mass is 16.5. The van der Waals surface area contributed by atoms with Gasteiger partial charge in [-0.15, -0.1) is 0 Å². The Balaban J connectivity index is 2.73. The van der Waals surface area contributed by atoms with Crippen LogP contribution in [0.2, 0.25) is 0 Å². The van der Waals surface area contributed by atoms with Crippen LogP contribution >= 0.6 is 0 Å². The highest BCUT2D eigenvalue weighted by Crippen LogP contribution is 2.23. The molecule has 0 bridgehead atoms. The maximum Gasteiger partial charge on any atom is 0.161 e. The zero-order valence-corrected chi connectivity index (χ0v) is 11.0. The van der Waals surface area contributed by atoms with Gasteiger partial charge in [-0.1, -0.05) is 13.8 Å². The third kappa shape index (κ3) is 3.71. The van der Waals surface area contributed by atoms with E-state index >= 15 is 0 Å². The minimum atomic E-state index is -0.189. The van der Waals surface area contributed by atoms with Crippen LogP contribution in [0, 0.1) is 0 Å². The van der Waals surface area contributed by atoms with Crippen LogP contribution in [0.5, 0.6) is 5.75 Å². The summed E-state index contributed by atoms with van der Waals surface area (Å²) in [5.41, 5.74) is 7.04. The number of methoxy groups -OCH3 is 1. The van der Waals surface area contributed by atoms with Gasteiger partial charge in [0.25, 0.3) is 0 Å². The van der Waals surface area contributed by atoms with Crippen molar-refractivity contribution in [1.82, 2.24) is 9.78 Å². The summed E-state index contributed by atoms with van der Waals surface area (Å²) in [4.78, 5) is 0. The molecular formula is C12H23N3O2. The molecule has 1 aromatic rings. The summed E-state index contributed by atoms with van der Waals surface area (Å²) in [5, 5.41) is 4.28. The fraction of sp³-hybridized carbons (Fsp3) is 0.750. The summed E-state index contributed by atoms with van der Waals surface area (Å²) < 4.78 is 12.7. The molecule has 2 N–H and O–H groups in total. The molecule has 0 radical (unpaired) electrons. The van der Waals surface area contributed by atoms with Crippen LogP contribution in [-0.4, -0.2) is 30.1 Å². The second-order valence-electron chi connectivity index (χ2n) is 4.00. The molecule has 0 aliphatic rings. The lowest BCUT2D eigenvalue weighted by molar-refractivity contribution is 0.118. The van der Waals surface area contributed by atoms with Crippen molar-refractivity contribution in [2.75, 3.05) is 20.3 Å². The lowest BCUT2D eigenvalue weighted by atomic mass is 10.2. The Hall–Kier alpha value is -1.07. The van der Waals surface area contributed by atoms with Crippen LogP contribution in [0.15, 0.2) is 6.20 Å². The lowest BCUT2D eigenvalue weighted by Gasteiger charge is -2.15. The zero-order chi connectivity index (χ0) is 12.7. The van der Waals surface area contributed by atoms with Crippen LogP contribution in [0.3, 0.4) is 0 Å². The standard InChI is InChI=1S/C12H23N3O2/c1-4-6-15-12(11(16-3)8-14-15)10(13)9-17-7-5-2/h8,10H,4-7,9,13H2,1-3H3. The van der Waals surface area contributed by atoms with Crippen molar-refractivity contribution >= 4 is 0 Å². The Labute approximate surface area is 103 Å². The molecule has 0 fully saturated rings. The van der Waals surface area contributed by atoms with Crippen molar-refractivity contribution in [2.45, 2.75) is 39.3 Å². The van der Waals surface area contributed by atoms with Gasteiger partial charge in [0.05, 0.1) is 31.6 Å². The van der Waals surface area contributed by atoms with E-state index in [0.717, 1.165) is 37.4 Å². The summed E-state index contributed by atoms with van der Waals surface area (Å²) in [6.45, 7) is 6.27. The van der Waals surface area contributed by atoms with Gasteiger partial charge in [0.2, 0.25) is 0 Å². The van der Waals surface area contributed by atoms with Gasteiger partial charge in [-0.3, -0.25) is 4.68 Å². The first kappa shape index (κ1) is 14.0. The molecule has 5 nitrogen and oxygen atoms in total. The molecule has 0 saturated heterocycles. The summed E-state index contributed by atoms with van der Waals surface area (Å²) in [6.07, 6.45) is 3.73. The molecule has 1 aromatic heterocycles. The molecule has 0 amide bonds. The van der Waals surface area contributed by atoms with Crippen molar-refractivity contribution in [3.05, 3.63) is 11.9 Å². The summed E-state index contributed by atoms with van der Waals surface area (Å²) in [7, 11) is 1.64. The van der Waals surface area contributed by atoms with Crippen LogP contribution in [0.1, 0.15) is 38.4 Å². The van der Waals surface area contributed by atoms with E-state index in [1.165, 1.54) is 0 Å². The van der Waals surface area contributed by atoms with Crippen molar-refractivity contribution in [2.24, 2.45) is 5.73 Å². The Morgan fingerprint density at radius 3 is 2.76 bits per heavy atom. The first-order valence-electron chi connectivity index (χ1n) is 6.17. The summed E-state index contributed by atoms with van der Waals surface area (Å²) in [5.74, 6) is 0.742. The van der Waals surface area contributed by atoms with Gasteiger partial charge < -0.3 is 15.2 Å². The fourth-order valence-corrected chi connectivity index (χ4v) is 1.73. The average molecular weight is 241 g/mol. The quantitative estimate of drug-likeness (QED) is 0.704. The molecule has 0 aliphatic heterocycles. The first-order valence-corrected chi connectivity index (χ1v) is 6.17. The van der Waals surface area contributed by atoms with Gasteiger partial charge in [-0.2, -0.15) is 5.10 Å². The van der Waals surface area contributed by atoms with E-state index in [9.17, 15) is 0 Å². The molecule has 1 atom stereocenters. The molecule has 0 aromatic carbocycles. The highest BCUT2D eigenvalue weighted by molar-refractivity contribution is 5.28. The Morgan fingerprint density at radius 1 is 1.41 bits per heavy atom. The molecule has 0 spiro atoms. The van der Waals surface area contributed by atoms with Crippen molar-refractivity contribution < 1.29 is 9.47 Å². The highest BCUT2D eigenvalue weighted by Gasteiger charge is 2.18. The number of rotatable bonds is 8. The number of nitrogens with zero attached hydrogens (tertiary/aromatic N) is 2. The van der Waals surface area contributed by atoms with Gasteiger partial charge in [-0.05, 0) is 12.8 Å². The monoisotopic (exact) mass is 241 g/mol. The average Bonchev–Trinajstić information content (AvgIpc) is 2.73. The summed E-state index contributed by atoms with van der Waals surface area (Å²) >= 11 is 0. The van der Waals surface area contributed by atoms with E-state index in [4.69, 9.17) is 15.2 Å². The smallest absolute Gasteiger partial charge is 0.161 e. The number of hydrogen-bond acceptors (Lipinski definition) is 4. The molecule has 5 heteroatoms. The van der Waals surface area contributed by atoms with Gasteiger partial charge >= 0.3 is 0 Å². The Kier molecular flexibility index (Phi) is 6.00. The molecule has 17 heavy (non-hydrogen) atoms. The van der Waals surface area contributed by atoms with Crippen LogP contribution in [0.25, 0.3) is 0 Å². The Morgan fingerprint density at radius 2 is 2.18 bits per heavy atom. The van der Waals surface area contributed by atoms with Crippen LogP contribution in [0.4, 0.5) is 0 Å². The maximum atomic E-state index is 6.12. The van der Waals surface area contributed by atoms with Crippen LogP contribution < -0.4 is 10.5 Å².